The Morgan fingerprint density at radius 3 is 2.45 bits per heavy atom. The lowest BCUT2D eigenvalue weighted by Gasteiger charge is -2.29. The summed E-state index contributed by atoms with van der Waals surface area (Å²) in [6.45, 7) is 2.21. The van der Waals surface area contributed by atoms with Crippen LogP contribution in [-0.4, -0.2) is 48.0 Å². The van der Waals surface area contributed by atoms with Crippen molar-refractivity contribution in [2.75, 3.05) is 13.2 Å². The number of hydrogen-bond donors (Lipinski definition) is 3. The van der Waals surface area contributed by atoms with Crippen LogP contribution >= 0.6 is 23.2 Å². The number of amides is 2. The van der Waals surface area contributed by atoms with Crippen molar-refractivity contribution in [3.63, 3.8) is 0 Å². The molecule has 1 aromatic rings. The summed E-state index contributed by atoms with van der Waals surface area (Å²) in [5.41, 5.74) is 0.0582. The molecule has 1 aliphatic heterocycles. The lowest BCUT2D eigenvalue weighted by Crippen LogP contribution is -2.52. The first-order chi connectivity index (χ1) is 13.7. The summed E-state index contributed by atoms with van der Waals surface area (Å²) in [5.74, 6) is -1.46. The van der Waals surface area contributed by atoms with Crippen molar-refractivity contribution in [2.24, 2.45) is 5.41 Å². The van der Waals surface area contributed by atoms with Crippen molar-refractivity contribution < 1.29 is 24.2 Å². The zero-order chi connectivity index (χ0) is 21.2. The van der Waals surface area contributed by atoms with Gasteiger partial charge in [-0.3, -0.25) is 14.4 Å². The highest BCUT2D eigenvalue weighted by atomic mass is 35.5. The number of ketones is 1. The minimum atomic E-state index is -0.828. The summed E-state index contributed by atoms with van der Waals surface area (Å²) in [4.78, 5) is 37.5. The fourth-order valence-corrected chi connectivity index (χ4v) is 4.43. The van der Waals surface area contributed by atoms with Gasteiger partial charge in [-0.05, 0) is 36.8 Å². The number of ether oxygens (including phenoxy) is 1. The monoisotopic (exact) mass is 442 g/mol. The largest absolute Gasteiger partial charge is 0.505 e. The zero-order valence-corrected chi connectivity index (χ0v) is 17.6. The molecular weight excluding hydrogens is 419 g/mol. The Morgan fingerprint density at radius 1 is 1.28 bits per heavy atom. The van der Waals surface area contributed by atoms with Crippen LogP contribution in [0.2, 0.25) is 10.0 Å². The first kappa shape index (κ1) is 21.9. The van der Waals surface area contributed by atoms with Gasteiger partial charge in [0.2, 0.25) is 5.91 Å². The van der Waals surface area contributed by atoms with E-state index in [1.807, 2.05) is 0 Å². The summed E-state index contributed by atoms with van der Waals surface area (Å²) in [5, 5.41) is 15.0. The summed E-state index contributed by atoms with van der Waals surface area (Å²) in [7, 11) is 0. The molecule has 1 saturated carbocycles. The molecule has 1 saturated heterocycles. The van der Waals surface area contributed by atoms with Gasteiger partial charge in [0.05, 0.1) is 16.7 Å². The van der Waals surface area contributed by atoms with Gasteiger partial charge in [0.1, 0.15) is 18.7 Å². The quantitative estimate of drug-likeness (QED) is 0.627. The van der Waals surface area contributed by atoms with Gasteiger partial charge in [0.25, 0.3) is 5.91 Å². The van der Waals surface area contributed by atoms with E-state index in [4.69, 9.17) is 27.9 Å². The lowest BCUT2D eigenvalue weighted by atomic mass is 9.81. The van der Waals surface area contributed by atoms with E-state index in [9.17, 15) is 19.5 Å². The Kier molecular flexibility index (Phi) is 6.71. The van der Waals surface area contributed by atoms with Crippen LogP contribution in [-0.2, 0) is 14.3 Å². The van der Waals surface area contributed by atoms with Crippen LogP contribution in [0, 0.1) is 5.41 Å². The normalized spacial score (nSPS) is 21.8. The molecule has 2 fully saturated rings. The molecule has 158 valence electrons. The lowest BCUT2D eigenvalue weighted by molar-refractivity contribution is -0.127. The average molecular weight is 443 g/mol. The second kappa shape index (κ2) is 8.90. The smallest absolute Gasteiger partial charge is 0.252 e. The van der Waals surface area contributed by atoms with Crippen molar-refractivity contribution >= 4 is 40.8 Å². The Morgan fingerprint density at radius 2 is 1.90 bits per heavy atom. The molecule has 29 heavy (non-hydrogen) atoms. The van der Waals surface area contributed by atoms with Crippen molar-refractivity contribution in [3.05, 3.63) is 27.7 Å². The molecule has 0 aromatic heterocycles. The Labute approximate surface area is 179 Å². The molecule has 3 rings (SSSR count). The number of benzene rings is 1. The number of phenolic OH excluding ortho intramolecular Hbond substituents is 1. The maximum Gasteiger partial charge on any atom is 0.252 e. The van der Waals surface area contributed by atoms with Gasteiger partial charge >= 0.3 is 0 Å². The summed E-state index contributed by atoms with van der Waals surface area (Å²) in [6, 6.07) is 1.05. The Balaban J connectivity index is 1.77. The Bertz CT molecular complexity index is 800. The van der Waals surface area contributed by atoms with E-state index in [0.29, 0.717) is 6.42 Å². The average Bonchev–Trinajstić information content (AvgIpc) is 3.27. The van der Waals surface area contributed by atoms with Gasteiger partial charge < -0.3 is 20.5 Å². The van der Waals surface area contributed by atoms with Crippen LogP contribution < -0.4 is 10.6 Å². The van der Waals surface area contributed by atoms with Crippen molar-refractivity contribution in [3.8, 4) is 5.75 Å². The number of phenols is 1. The molecule has 0 radical (unpaired) electrons. The fraction of sp³-hybridized carbons (Fsp3) is 0.550. The van der Waals surface area contributed by atoms with Gasteiger partial charge in [0, 0.05) is 5.56 Å². The van der Waals surface area contributed by atoms with Gasteiger partial charge in [-0.2, -0.15) is 0 Å². The molecule has 2 amide bonds. The molecule has 1 aromatic carbocycles. The first-order valence-electron chi connectivity index (χ1n) is 9.58. The van der Waals surface area contributed by atoms with E-state index < -0.39 is 23.9 Å². The fourth-order valence-electron chi connectivity index (χ4n) is 3.94. The molecule has 7 nitrogen and oxygen atoms in total. The molecular formula is C20H24Cl2N2O5. The molecule has 1 heterocycles. The second-order valence-corrected chi connectivity index (χ2v) is 8.89. The summed E-state index contributed by atoms with van der Waals surface area (Å²) in [6.07, 6.45) is 4.55. The summed E-state index contributed by atoms with van der Waals surface area (Å²) < 4.78 is 5.09. The number of carbonyl (C=O) groups excluding carboxylic acids is 3. The third-order valence-corrected chi connectivity index (χ3v) is 6.22. The van der Waals surface area contributed by atoms with Gasteiger partial charge in [-0.1, -0.05) is 43.0 Å². The van der Waals surface area contributed by atoms with Crippen LogP contribution in [0.3, 0.4) is 0 Å². The minimum Gasteiger partial charge on any atom is -0.505 e. The van der Waals surface area contributed by atoms with Crippen LogP contribution in [0.25, 0.3) is 0 Å². The topological polar surface area (TPSA) is 105 Å². The zero-order valence-electron chi connectivity index (χ0n) is 16.1. The number of rotatable bonds is 6. The molecule has 2 aliphatic rings. The maximum absolute atomic E-state index is 12.9. The van der Waals surface area contributed by atoms with E-state index in [1.54, 1.807) is 0 Å². The van der Waals surface area contributed by atoms with Crippen molar-refractivity contribution in [2.45, 2.75) is 51.1 Å². The first-order valence-corrected chi connectivity index (χ1v) is 10.3. The predicted molar refractivity (Wildman–Crippen MR) is 108 cm³/mol. The van der Waals surface area contributed by atoms with Crippen LogP contribution in [0.15, 0.2) is 12.1 Å². The second-order valence-electron chi connectivity index (χ2n) is 8.08. The third-order valence-electron chi connectivity index (χ3n) is 5.64. The number of nitrogens with one attached hydrogen (secondary N) is 2. The van der Waals surface area contributed by atoms with E-state index in [-0.39, 0.29) is 45.8 Å². The standard InChI is InChI=1S/C20H24Cl2N2O5/c1-20(4-2-3-5-20)8-14(19(28)24-15-9-29-10-16(15)25)23-18(27)11-6-12(21)17(26)13(22)7-11/h6-7,14-15,26H,2-5,8-10H2,1H3,(H,23,27)(H,24,28). The van der Waals surface area contributed by atoms with Gasteiger partial charge in [0.15, 0.2) is 11.5 Å². The molecule has 2 unspecified atom stereocenters. The number of hydrogen-bond acceptors (Lipinski definition) is 5. The van der Waals surface area contributed by atoms with Gasteiger partial charge in [-0.15, -0.1) is 0 Å². The minimum absolute atomic E-state index is 0.0236. The van der Waals surface area contributed by atoms with Crippen molar-refractivity contribution in [1.82, 2.24) is 10.6 Å². The van der Waals surface area contributed by atoms with E-state index in [2.05, 4.69) is 17.6 Å². The van der Waals surface area contributed by atoms with Crippen LogP contribution in [0.5, 0.6) is 5.75 Å². The molecule has 9 heteroatoms. The molecule has 1 aliphatic carbocycles. The van der Waals surface area contributed by atoms with Crippen LogP contribution in [0.1, 0.15) is 49.4 Å². The third kappa shape index (κ3) is 5.21. The number of halogens is 2. The van der Waals surface area contributed by atoms with E-state index in [0.717, 1.165) is 25.7 Å². The highest BCUT2D eigenvalue weighted by Crippen LogP contribution is 2.41. The molecule has 2 atom stereocenters. The van der Waals surface area contributed by atoms with Crippen LogP contribution in [0.4, 0.5) is 0 Å². The predicted octanol–water partition coefficient (Wildman–Crippen LogP) is 2.85. The molecule has 0 bridgehead atoms. The molecule has 3 N–H and O–H groups in total. The number of aromatic hydroxyl groups is 1. The Hall–Kier alpha value is -1.83. The summed E-state index contributed by atoms with van der Waals surface area (Å²) >= 11 is 11.8. The number of Topliss-reactive ketones (excluding diaryl/α,β-unsaturated/α-hetero) is 1. The van der Waals surface area contributed by atoms with Crippen molar-refractivity contribution in [1.29, 1.82) is 0 Å². The number of carbonyl (C=O) groups is 3. The van der Waals surface area contributed by atoms with E-state index >= 15 is 0 Å². The highest BCUT2D eigenvalue weighted by molar-refractivity contribution is 6.37. The van der Waals surface area contributed by atoms with E-state index in [1.165, 1.54) is 12.1 Å². The highest BCUT2D eigenvalue weighted by Gasteiger charge is 2.37. The SMILES string of the molecule is CC1(CC(NC(=O)c2cc(Cl)c(O)c(Cl)c2)C(=O)NC2COCC2=O)CCCC1. The van der Waals surface area contributed by atoms with Gasteiger partial charge in [-0.25, -0.2) is 0 Å². The maximum atomic E-state index is 12.9. The molecule has 0 spiro atoms.